The van der Waals surface area contributed by atoms with Crippen LogP contribution in [0.3, 0.4) is 0 Å². The molecule has 1 aliphatic carbocycles. The van der Waals surface area contributed by atoms with Gasteiger partial charge in [-0.25, -0.2) is 13.4 Å². The summed E-state index contributed by atoms with van der Waals surface area (Å²) < 4.78 is 29.6. The van der Waals surface area contributed by atoms with Gasteiger partial charge in [-0.3, -0.25) is 4.90 Å². The van der Waals surface area contributed by atoms with Crippen LogP contribution in [-0.2, 0) is 22.0 Å². The van der Waals surface area contributed by atoms with Gasteiger partial charge in [-0.05, 0) is 72.6 Å². The van der Waals surface area contributed by atoms with Crippen LogP contribution in [0.4, 0.5) is 0 Å². The third-order valence-electron chi connectivity index (χ3n) is 6.37. The number of hydrogen-bond acceptors (Lipinski definition) is 6. The van der Waals surface area contributed by atoms with E-state index in [1.807, 2.05) is 6.07 Å². The Labute approximate surface area is 181 Å². The lowest BCUT2D eigenvalue weighted by Crippen LogP contribution is -2.35. The van der Waals surface area contributed by atoms with E-state index in [9.17, 15) is 8.42 Å². The molecular formula is C23H25N3O2S2. The molecule has 2 aliphatic rings. The van der Waals surface area contributed by atoms with Crippen LogP contribution in [-0.4, -0.2) is 29.2 Å². The van der Waals surface area contributed by atoms with Gasteiger partial charge < -0.3 is 0 Å². The Kier molecular flexibility index (Phi) is 5.43. The summed E-state index contributed by atoms with van der Waals surface area (Å²) in [5.41, 5.74) is 3.87. The fourth-order valence-corrected chi connectivity index (χ4v) is 7.12. The van der Waals surface area contributed by atoms with Crippen molar-refractivity contribution in [2.75, 3.05) is 6.54 Å². The van der Waals surface area contributed by atoms with Crippen LogP contribution in [0.1, 0.15) is 59.5 Å². The van der Waals surface area contributed by atoms with Crippen molar-refractivity contribution in [1.29, 1.82) is 0 Å². The smallest absolute Gasteiger partial charge is 0.184 e. The number of hydrogen-bond donors (Lipinski definition) is 0. The zero-order valence-electron chi connectivity index (χ0n) is 16.8. The highest BCUT2D eigenvalue weighted by atomic mass is 32.2. The summed E-state index contributed by atoms with van der Waals surface area (Å²) in [5, 5.41) is 0.535. The molecule has 0 bridgehead atoms. The van der Waals surface area contributed by atoms with Crippen molar-refractivity contribution in [3.05, 3.63) is 76.6 Å². The van der Waals surface area contributed by atoms with Gasteiger partial charge in [-0.15, -0.1) is 0 Å². The molecule has 1 aromatic heterocycles. The van der Waals surface area contributed by atoms with E-state index in [1.165, 1.54) is 42.3 Å². The van der Waals surface area contributed by atoms with Crippen molar-refractivity contribution < 1.29 is 8.42 Å². The highest BCUT2D eigenvalue weighted by Crippen LogP contribution is 2.44. The van der Waals surface area contributed by atoms with Gasteiger partial charge in [0, 0.05) is 12.1 Å². The molecule has 0 N–H and O–H groups in total. The molecular weight excluding hydrogens is 414 g/mol. The molecule has 156 valence electrons. The standard InChI is InChI=1S/C23H25N3O2S2/c27-30(28,15-23-24-16-25-29-23)19-10-11-20-18(14-19)9-12-22(20)26-13-5-4-8-21(26)17-6-2-1-3-7-17/h1-3,6-7,10-11,14,16,21-22H,4-5,8-9,12-13,15H2. The average molecular weight is 440 g/mol. The van der Waals surface area contributed by atoms with E-state index in [-0.39, 0.29) is 5.75 Å². The lowest BCUT2D eigenvalue weighted by Gasteiger charge is -2.40. The van der Waals surface area contributed by atoms with Crippen LogP contribution in [0, 0.1) is 0 Å². The fraction of sp³-hybridized carbons (Fsp3) is 0.391. The van der Waals surface area contributed by atoms with Gasteiger partial charge in [0.2, 0.25) is 0 Å². The van der Waals surface area contributed by atoms with Gasteiger partial charge in [-0.2, -0.15) is 4.37 Å². The lowest BCUT2D eigenvalue weighted by atomic mass is 9.92. The predicted molar refractivity (Wildman–Crippen MR) is 118 cm³/mol. The Morgan fingerprint density at radius 1 is 1.03 bits per heavy atom. The first-order chi connectivity index (χ1) is 14.6. The van der Waals surface area contributed by atoms with E-state index in [2.05, 4.69) is 50.7 Å². The third kappa shape index (κ3) is 3.82. The third-order valence-corrected chi connectivity index (χ3v) is 8.84. The quantitative estimate of drug-likeness (QED) is 0.575. The summed E-state index contributed by atoms with van der Waals surface area (Å²) in [4.78, 5) is 7.08. The molecule has 2 unspecified atom stereocenters. The number of piperidine rings is 1. The summed E-state index contributed by atoms with van der Waals surface area (Å²) in [6, 6.07) is 17.3. The molecule has 5 rings (SSSR count). The Morgan fingerprint density at radius 2 is 1.90 bits per heavy atom. The highest BCUT2D eigenvalue weighted by molar-refractivity contribution is 7.90. The van der Waals surface area contributed by atoms with Gasteiger partial charge in [0.05, 0.1) is 4.90 Å². The largest absolute Gasteiger partial charge is 0.289 e. The van der Waals surface area contributed by atoms with Crippen molar-refractivity contribution >= 4 is 21.4 Å². The molecule has 2 heterocycles. The zero-order valence-corrected chi connectivity index (χ0v) is 18.4. The van der Waals surface area contributed by atoms with Crippen LogP contribution in [0.25, 0.3) is 0 Å². The van der Waals surface area contributed by atoms with Gasteiger partial charge in [0.1, 0.15) is 17.1 Å². The second-order valence-electron chi connectivity index (χ2n) is 8.17. The normalized spacial score (nSPS) is 22.1. The van der Waals surface area contributed by atoms with E-state index in [4.69, 9.17) is 0 Å². The number of rotatable bonds is 5. The fourth-order valence-electron chi connectivity index (χ4n) is 4.97. The topological polar surface area (TPSA) is 63.2 Å². The molecule has 1 saturated heterocycles. The van der Waals surface area contributed by atoms with E-state index in [0.29, 0.717) is 22.0 Å². The maximum absolute atomic E-state index is 12.8. The molecule has 0 amide bonds. The molecule has 5 nitrogen and oxygen atoms in total. The zero-order chi connectivity index (χ0) is 20.6. The SMILES string of the molecule is O=S(=O)(Cc1ncns1)c1ccc2c(c1)CCC2N1CCCCC1c1ccccc1. The van der Waals surface area contributed by atoms with Gasteiger partial charge >= 0.3 is 0 Å². The maximum atomic E-state index is 12.8. The van der Waals surface area contributed by atoms with Crippen molar-refractivity contribution in [2.24, 2.45) is 0 Å². The first-order valence-electron chi connectivity index (χ1n) is 10.5. The molecule has 30 heavy (non-hydrogen) atoms. The monoisotopic (exact) mass is 439 g/mol. The summed E-state index contributed by atoms with van der Waals surface area (Å²) in [5.74, 6) is -0.0813. The number of fused-ring (bicyclic) bond motifs is 1. The summed E-state index contributed by atoms with van der Waals surface area (Å²) in [6.45, 7) is 1.10. The van der Waals surface area contributed by atoms with Gasteiger partial charge in [-0.1, -0.05) is 42.8 Å². The van der Waals surface area contributed by atoms with E-state index < -0.39 is 9.84 Å². The van der Waals surface area contributed by atoms with Crippen LogP contribution in [0.15, 0.2) is 59.8 Å². The molecule has 0 radical (unpaired) electrons. The molecule has 3 aromatic rings. The van der Waals surface area contributed by atoms with E-state index >= 15 is 0 Å². The first-order valence-corrected chi connectivity index (χ1v) is 13.0. The Morgan fingerprint density at radius 3 is 2.70 bits per heavy atom. The minimum atomic E-state index is -3.41. The minimum absolute atomic E-state index is 0.0813. The maximum Gasteiger partial charge on any atom is 0.184 e. The predicted octanol–water partition coefficient (Wildman–Crippen LogP) is 4.73. The molecule has 1 fully saturated rings. The van der Waals surface area contributed by atoms with E-state index in [0.717, 1.165) is 30.9 Å². The molecule has 0 spiro atoms. The molecule has 1 aliphatic heterocycles. The second kappa shape index (κ2) is 8.21. The van der Waals surface area contributed by atoms with Gasteiger partial charge in [0.25, 0.3) is 0 Å². The van der Waals surface area contributed by atoms with E-state index in [1.54, 1.807) is 6.07 Å². The number of nitrogens with zero attached hydrogens (tertiary/aromatic N) is 3. The number of benzene rings is 2. The molecule has 2 aromatic carbocycles. The van der Waals surface area contributed by atoms with Crippen molar-refractivity contribution in [2.45, 2.75) is 54.8 Å². The molecule has 7 heteroatoms. The van der Waals surface area contributed by atoms with Crippen LogP contribution < -0.4 is 0 Å². The van der Waals surface area contributed by atoms with Gasteiger partial charge in [0.15, 0.2) is 9.84 Å². The summed E-state index contributed by atoms with van der Waals surface area (Å²) >= 11 is 1.14. The Balaban J connectivity index is 1.42. The number of likely N-dealkylation sites (tertiary alicyclic amines) is 1. The first kappa shape index (κ1) is 19.8. The average Bonchev–Trinajstić information content (AvgIpc) is 3.43. The second-order valence-corrected chi connectivity index (χ2v) is 11.0. The Hall–Kier alpha value is -2.09. The number of aromatic nitrogens is 2. The van der Waals surface area contributed by atoms with Crippen molar-refractivity contribution in [1.82, 2.24) is 14.3 Å². The summed E-state index contributed by atoms with van der Waals surface area (Å²) in [6.07, 6.45) is 7.06. The lowest BCUT2D eigenvalue weighted by molar-refractivity contribution is 0.0942. The van der Waals surface area contributed by atoms with Crippen molar-refractivity contribution in [3.8, 4) is 0 Å². The number of aryl methyl sites for hydroxylation is 1. The summed E-state index contributed by atoms with van der Waals surface area (Å²) in [7, 11) is -3.41. The van der Waals surface area contributed by atoms with Crippen LogP contribution in [0.5, 0.6) is 0 Å². The van der Waals surface area contributed by atoms with Crippen molar-refractivity contribution in [3.63, 3.8) is 0 Å². The van der Waals surface area contributed by atoms with Crippen LogP contribution >= 0.6 is 11.5 Å². The Bertz CT molecular complexity index is 1110. The molecule has 2 atom stereocenters. The minimum Gasteiger partial charge on any atom is -0.289 e. The highest BCUT2D eigenvalue weighted by Gasteiger charge is 2.35. The molecule has 0 saturated carbocycles. The number of sulfone groups is 1. The van der Waals surface area contributed by atoms with Crippen LogP contribution in [0.2, 0.25) is 0 Å².